The zero-order valence-electron chi connectivity index (χ0n) is 10.5. The minimum atomic E-state index is -0.208. The fourth-order valence-corrected chi connectivity index (χ4v) is 1.64. The summed E-state index contributed by atoms with van der Waals surface area (Å²) in [7, 11) is 1.80. The number of rotatable bonds is 5. The van der Waals surface area contributed by atoms with Crippen LogP contribution in [0.1, 0.15) is 17.9 Å². The van der Waals surface area contributed by atoms with Gasteiger partial charge in [0.2, 0.25) is 0 Å². The van der Waals surface area contributed by atoms with Crippen molar-refractivity contribution in [3.63, 3.8) is 0 Å². The number of carbonyl (C=O) groups is 1. The van der Waals surface area contributed by atoms with E-state index in [0.717, 1.165) is 16.7 Å². The van der Waals surface area contributed by atoms with E-state index < -0.39 is 0 Å². The fraction of sp³-hybridized carbons (Fsp3) is 0.385. The molecule has 0 aliphatic rings. The smallest absolute Gasteiger partial charge is 0.307 e. The maximum atomic E-state index is 11.3. The molecule has 1 aromatic heterocycles. The summed E-state index contributed by atoms with van der Waals surface area (Å²) in [6.07, 6.45) is 0.377. The normalized spacial score (nSPS) is 10.8. The maximum absolute atomic E-state index is 11.3. The minimum absolute atomic E-state index is 0.208. The van der Waals surface area contributed by atoms with Crippen LogP contribution in [0.5, 0.6) is 0 Å². The van der Waals surface area contributed by atoms with Gasteiger partial charge in [-0.1, -0.05) is 6.07 Å². The lowest BCUT2D eigenvalue weighted by Crippen LogP contribution is -2.14. The number of benzene rings is 1. The van der Waals surface area contributed by atoms with Gasteiger partial charge in [-0.2, -0.15) is 0 Å². The first-order valence-electron chi connectivity index (χ1n) is 5.85. The summed E-state index contributed by atoms with van der Waals surface area (Å²) in [6.45, 7) is 2.70. The molecule has 0 saturated heterocycles. The molecule has 0 spiro atoms. The lowest BCUT2D eigenvalue weighted by atomic mass is 10.2. The van der Waals surface area contributed by atoms with Crippen LogP contribution in [0.4, 0.5) is 0 Å². The molecule has 0 aliphatic heterocycles. The number of nitrogens with one attached hydrogen (secondary N) is 1. The van der Waals surface area contributed by atoms with Gasteiger partial charge in [0.05, 0.1) is 6.42 Å². The number of ether oxygens (including phenoxy) is 1. The number of hydrogen-bond acceptors (Lipinski definition) is 5. The number of carbonyl (C=O) groups excluding carboxylic acids is 1. The Bertz CT molecular complexity index is 548. The Balaban J connectivity index is 1.97. The standard InChI is InChI=1S/C13H16N2O3/c1-9-15-11-7-10(3-4-12(11)18-9)8-17-13(16)5-6-14-2/h3-4,7,14H,5-6,8H2,1-2H3. The van der Waals surface area contributed by atoms with E-state index in [9.17, 15) is 4.79 Å². The largest absolute Gasteiger partial charge is 0.461 e. The molecular formula is C13H16N2O3. The summed E-state index contributed by atoms with van der Waals surface area (Å²) >= 11 is 0. The average molecular weight is 248 g/mol. The molecule has 18 heavy (non-hydrogen) atoms. The van der Waals surface area contributed by atoms with Crippen LogP contribution in [0.15, 0.2) is 22.6 Å². The summed E-state index contributed by atoms with van der Waals surface area (Å²) < 4.78 is 10.5. The molecule has 96 valence electrons. The van der Waals surface area contributed by atoms with Crippen molar-refractivity contribution in [3.8, 4) is 0 Å². The highest BCUT2D eigenvalue weighted by Gasteiger charge is 2.06. The molecule has 0 radical (unpaired) electrons. The second-order valence-corrected chi connectivity index (χ2v) is 4.05. The zero-order valence-corrected chi connectivity index (χ0v) is 10.5. The first kappa shape index (κ1) is 12.6. The Morgan fingerprint density at radius 2 is 2.33 bits per heavy atom. The number of esters is 1. The van der Waals surface area contributed by atoms with E-state index in [1.165, 1.54) is 0 Å². The molecule has 0 saturated carbocycles. The van der Waals surface area contributed by atoms with Gasteiger partial charge in [0.1, 0.15) is 12.1 Å². The van der Waals surface area contributed by atoms with Gasteiger partial charge in [-0.3, -0.25) is 4.79 Å². The van der Waals surface area contributed by atoms with Gasteiger partial charge in [0.25, 0.3) is 0 Å². The quantitative estimate of drug-likeness (QED) is 0.817. The Hall–Kier alpha value is -1.88. The fourth-order valence-electron chi connectivity index (χ4n) is 1.64. The molecule has 1 heterocycles. The van der Waals surface area contributed by atoms with Crippen molar-refractivity contribution >= 4 is 17.1 Å². The summed E-state index contributed by atoms with van der Waals surface area (Å²) in [5.41, 5.74) is 2.45. The molecule has 0 amide bonds. The molecule has 0 unspecified atom stereocenters. The summed E-state index contributed by atoms with van der Waals surface area (Å²) in [6, 6.07) is 5.58. The lowest BCUT2D eigenvalue weighted by molar-refractivity contribution is -0.144. The van der Waals surface area contributed by atoms with E-state index in [2.05, 4.69) is 10.3 Å². The molecule has 0 atom stereocenters. The number of nitrogens with zero attached hydrogens (tertiary/aromatic N) is 1. The molecule has 2 aromatic rings. The van der Waals surface area contributed by atoms with Crippen LogP contribution < -0.4 is 5.32 Å². The van der Waals surface area contributed by atoms with Crippen LogP contribution in [0.3, 0.4) is 0 Å². The van der Waals surface area contributed by atoms with Gasteiger partial charge >= 0.3 is 5.97 Å². The zero-order chi connectivity index (χ0) is 13.0. The predicted octanol–water partition coefficient (Wildman–Crippen LogP) is 1.79. The van der Waals surface area contributed by atoms with Crippen LogP contribution in [-0.2, 0) is 16.1 Å². The monoisotopic (exact) mass is 248 g/mol. The molecule has 0 aliphatic carbocycles. The summed E-state index contributed by atoms with van der Waals surface area (Å²) in [4.78, 5) is 15.6. The van der Waals surface area contributed by atoms with E-state index in [-0.39, 0.29) is 12.6 Å². The van der Waals surface area contributed by atoms with Crippen LogP contribution in [0, 0.1) is 6.92 Å². The minimum Gasteiger partial charge on any atom is -0.461 e. The SMILES string of the molecule is CNCCC(=O)OCc1ccc2oc(C)nc2c1. The van der Waals surface area contributed by atoms with E-state index in [1.54, 1.807) is 14.0 Å². The van der Waals surface area contributed by atoms with Gasteiger partial charge in [0, 0.05) is 13.5 Å². The van der Waals surface area contributed by atoms with E-state index in [0.29, 0.717) is 18.9 Å². The van der Waals surface area contributed by atoms with Crippen molar-refractivity contribution < 1.29 is 13.9 Å². The highest BCUT2D eigenvalue weighted by Crippen LogP contribution is 2.17. The van der Waals surface area contributed by atoms with Crippen molar-refractivity contribution in [2.45, 2.75) is 20.0 Å². The molecule has 0 fully saturated rings. The van der Waals surface area contributed by atoms with Gasteiger partial charge < -0.3 is 14.5 Å². The van der Waals surface area contributed by atoms with Crippen molar-refractivity contribution in [1.82, 2.24) is 10.3 Å². The Morgan fingerprint density at radius 1 is 1.50 bits per heavy atom. The maximum Gasteiger partial charge on any atom is 0.307 e. The Kier molecular flexibility index (Phi) is 3.94. The Morgan fingerprint density at radius 3 is 3.11 bits per heavy atom. The highest BCUT2D eigenvalue weighted by molar-refractivity contribution is 5.73. The van der Waals surface area contributed by atoms with Crippen LogP contribution in [-0.4, -0.2) is 24.5 Å². The van der Waals surface area contributed by atoms with Crippen molar-refractivity contribution in [3.05, 3.63) is 29.7 Å². The topological polar surface area (TPSA) is 64.4 Å². The molecule has 2 rings (SSSR count). The second kappa shape index (κ2) is 5.64. The first-order valence-corrected chi connectivity index (χ1v) is 5.85. The first-order chi connectivity index (χ1) is 8.69. The molecule has 5 heteroatoms. The number of aryl methyl sites for hydroxylation is 1. The summed E-state index contributed by atoms with van der Waals surface area (Å²) in [5.74, 6) is 0.425. The molecule has 1 aromatic carbocycles. The highest BCUT2D eigenvalue weighted by atomic mass is 16.5. The number of aromatic nitrogens is 1. The Labute approximate surface area is 105 Å². The van der Waals surface area contributed by atoms with Crippen molar-refractivity contribution in [2.75, 3.05) is 13.6 Å². The molecule has 1 N–H and O–H groups in total. The van der Waals surface area contributed by atoms with E-state index >= 15 is 0 Å². The average Bonchev–Trinajstić information content (AvgIpc) is 2.73. The van der Waals surface area contributed by atoms with Gasteiger partial charge in [0.15, 0.2) is 11.5 Å². The van der Waals surface area contributed by atoms with Crippen molar-refractivity contribution in [1.29, 1.82) is 0 Å². The van der Waals surface area contributed by atoms with Crippen LogP contribution >= 0.6 is 0 Å². The third-order valence-corrected chi connectivity index (χ3v) is 2.54. The summed E-state index contributed by atoms with van der Waals surface area (Å²) in [5, 5.41) is 2.90. The van der Waals surface area contributed by atoms with Gasteiger partial charge in [-0.05, 0) is 24.7 Å². The third-order valence-electron chi connectivity index (χ3n) is 2.54. The third kappa shape index (κ3) is 3.07. The molecular weight excluding hydrogens is 232 g/mol. The molecule has 0 bridgehead atoms. The number of fused-ring (bicyclic) bond motifs is 1. The van der Waals surface area contributed by atoms with E-state index in [1.807, 2.05) is 18.2 Å². The van der Waals surface area contributed by atoms with Crippen LogP contribution in [0.25, 0.3) is 11.1 Å². The number of hydrogen-bond donors (Lipinski definition) is 1. The van der Waals surface area contributed by atoms with Crippen molar-refractivity contribution in [2.24, 2.45) is 0 Å². The van der Waals surface area contributed by atoms with Gasteiger partial charge in [-0.15, -0.1) is 0 Å². The second-order valence-electron chi connectivity index (χ2n) is 4.05. The van der Waals surface area contributed by atoms with E-state index in [4.69, 9.17) is 9.15 Å². The van der Waals surface area contributed by atoms with Crippen LogP contribution in [0.2, 0.25) is 0 Å². The predicted molar refractivity (Wildman–Crippen MR) is 67.1 cm³/mol. The number of oxazole rings is 1. The van der Waals surface area contributed by atoms with Gasteiger partial charge in [-0.25, -0.2) is 4.98 Å². The lowest BCUT2D eigenvalue weighted by Gasteiger charge is -2.04. The molecule has 5 nitrogen and oxygen atoms in total.